The van der Waals surface area contributed by atoms with E-state index in [2.05, 4.69) is 15.5 Å². The number of carbonyl (C=O) groups is 2. The predicted molar refractivity (Wildman–Crippen MR) is 110 cm³/mol. The Hall–Kier alpha value is -2.94. The highest BCUT2D eigenvalue weighted by atomic mass is 16.5. The number of aromatic nitrogens is 2. The van der Waals surface area contributed by atoms with Crippen LogP contribution in [0.15, 0.2) is 28.8 Å². The first-order valence-corrected chi connectivity index (χ1v) is 10.5. The maximum Gasteiger partial charge on any atom is 0.258 e. The van der Waals surface area contributed by atoms with E-state index in [-0.39, 0.29) is 37.0 Å². The number of carbonyl (C=O) groups excluding carboxylic acids is 2. The van der Waals surface area contributed by atoms with E-state index in [0.29, 0.717) is 37.0 Å². The molecule has 2 aromatic rings. The number of benzene rings is 1. The number of hydrogen-bond donors (Lipinski definition) is 1. The van der Waals surface area contributed by atoms with Crippen molar-refractivity contribution in [3.05, 3.63) is 41.5 Å². The highest BCUT2D eigenvalue weighted by Crippen LogP contribution is 2.50. The predicted octanol–water partition coefficient (Wildman–Crippen LogP) is 1.39. The Morgan fingerprint density at radius 3 is 2.87 bits per heavy atom. The molecule has 1 saturated carbocycles. The maximum absolute atomic E-state index is 12.5. The van der Waals surface area contributed by atoms with E-state index in [1.54, 1.807) is 11.8 Å². The van der Waals surface area contributed by atoms with E-state index in [1.165, 1.54) is 7.11 Å². The number of hydrogen-bond acceptors (Lipinski definition) is 7. The van der Waals surface area contributed by atoms with Crippen LogP contribution in [0.25, 0.3) is 0 Å². The third-order valence-electron chi connectivity index (χ3n) is 6.17. The number of likely N-dealkylation sites (tertiary alicyclic amines) is 1. The molecule has 1 N–H and O–H groups in total. The highest BCUT2D eigenvalue weighted by molar-refractivity contribution is 5.79. The molecule has 1 aromatic carbocycles. The van der Waals surface area contributed by atoms with Gasteiger partial charge in [0, 0.05) is 26.2 Å². The van der Waals surface area contributed by atoms with Gasteiger partial charge < -0.3 is 24.2 Å². The molecule has 0 spiro atoms. The molecule has 31 heavy (non-hydrogen) atoms. The molecule has 166 valence electrons. The molecular weight excluding hydrogens is 400 g/mol. The van der Waals surface area contributed by atoms with Crippen LogP contribution in [0.4, 0.5) is 0 Å². The van der Waals surface area contributed by atoms with Crippen LogP contribution in [0.3, 0.4) is 0 Å². The van der Waals surface area contributed by atoms with Gasteiger partial charge >= 0.3 is 0 Å². The molecular formula is C22H28N4O5. The minimum Gasteiger partial charge on any atom is -0.484 e. The normalized spacial score (nSPS) is 24.8. The molecule has 2 heterocycles. The van der Waals surface area contributed by atoms with Crippen molar-refractivity contribution < 1.29 is 23.6 Å². The van der Waals surface area contributed by atoms with Crippen LogP contribution in [-0.2, 0) is 19.7 Å². The van der Waals surface area contributed by atoms with Crippen molar-refractivity contribution in [1.29, 1.82) is 0 Å². The first kappa shape index (κ1) is 21.3. The fourth-order valence-electron chi connectivity index (χ4n) is 4.84. The minimum absolute atomic E-state index is 0.0438. The summed E-state index contributed by atoms with van der Waals surface area (Å²) < 4.78 is 16.2. The summed E-state index contributed by atoms with van der Waals surface area (Å²) in [5.41, 5.74) is 0.617. The number of aryl methyl sites for hydroxylation is 2. The Kier molecular flexibility index (Phi) is 5.95. The van der Waals surface area contributed by atoms with Crippen LogP contribution < -0.4 is 10.1 Å². The topological polar surface area (TPSA) is 107 Å². The fourth-order valence-corrected chi connectivity index (χ4v) is 4.84. The van der Waals surface area contributed by atoms with Gasteiger partial charge in [-0.3, -0.25) is 9.59 Å². The van der Waals surface area contributed by atoms with Gasteiger partial charge in [-0.25, -0.2) is 0 Å². The van der Waals surface area contributed by atoms with Crippen LogP contribution in [-0.4, -0.2) is 66.3 Å². The smallest absolute Gasteiger partial charge is 0.258 e. The Morgan fingerprint density at radius 1 is 1.32 bits per heavy atom. The van der Waals surface area contributed by atoms with Gasteiger partial charge in [-0.15, -0.1) is 0 Å². The molecule has 0 radical (unpaired) electrons. The zero-order valence-electron chi connectivity index (χ0n) is 18.1. The standard InChI is InChI=1S/C22H28N4O5/c1-14-5-4-6-18(7-14)30-11-19(27)24-17-8-16-10-26(20(28)12-29-3)13-22(16,9-17)21-23-15(2)25-31-21/h4-7,16-17H,8-13H2,1-3H3,(H,24,27)/t16?,17-,22+/m1/s1. The lowest BCUT2D eigenvalue weighted by atomic mass is 9.80. The number of rotatable bonds is 7. The Balaban J connectivity index is 1.42. The lowest BCUT2D eigenvalue weighted by Gasteiger charge is -2.25. The Morgan fingerprint density at radius 2 is 2.16 bits per heavy atom. The van der Waals surface area contributed by atoms with Gasteiger partial charge in [0.15, 0.2) is 12.4 Å². The molecule has 1 aromatic heterocycles. The number of nitrogens with one attached hydrogen (secondary N) is 1. The molecule has 1 saturated heterocycles. The zero-order valence-corrected chi connectivity index (χ0v) is 18.1. The van der Waals surface area contributed by atoms with Gasteiger partial charge in [-0.2, -0.15) is 4.98 Å². The number of fused-ring (bicyclic) bond motifs is 1. The average molecular weight is 428 g/mol. The molecule has 9 heteroatoms. The summed E-state index contributed by atoms with van der Waals surface area (Å²) in [5, 5.41) is 7.04. The second-order valence-electron chi connectivity index (χ2n) is 8.52. The van der Waals surface area contributed by atoms with Gasteiger partial charge in [0.25, 0.3) is 5.91 Å². The Labute approximate surface area is 181 Å². The van der Waals surface area contributed by atoms with Crippen molar-refractivity contribution in [2.75, 3.05) is 33.4 Å². The quantitative estimate of drug-likeness (QED) is 0.710. The SMILES string of the molecule is COCC(=O)N1CC2C[C@@H](NC(=O)COc3cccc(C)c3)C[C@]2(c2nc(C)no2)C1. The molecule has 2 amide bonds. The number of amides is 2. The molecule has 4 rings (SSSR count). The molecule has 1 aliphatic heterocycles. The van der Waals surface area contributed by atoms with Crippen molar-refractivity contribution in [1.82, 2.24) is 20.4 Å². The van der Waals surface area contributed by atoms with Crippen molar-refractivity contribution in [3.8, 4) is 5.75 Å². The summed E-state index contributed by atoms with van der Waals surface area (Å²) in [6.45, 7) is 4.81. The molecule has 0 bridgehead atoms. The van der Waals surface area contributed by atoms with E-state index >= 15 is 0 Å². The summed E-state index contributed by atoms with van der Waals surface area (Å²) in [5.74, 6) is 1.66. The number of ether oxygens (including phenoxy) is 2. The zero-order chi connectivity index (χ0) is 22.0. The van der Waals surface area contributed by atoms with E-state index < -0.39 is 5.41 Å². The minimum atomic E-state index is -0.458. The lowest BCUT2D eigenvalue weighted by Crippen LogP contribution is -2.41. The second kappa shape index (κ2) is 8.66. The average Bonchev–Trinajstić information content (AvgIpc) is 3.39. The van der Waals surface area contributed by atoms with Crippen molar-refractivity contribution in [3.63, 3.8) is 0 Å². The van der Waals surface area contributed by atoms with Crippen molar-refractivity contribution >= 4 is 11.8 Å². The highest BCUT2D eigenvalue weighted by Gasteiger charge is 2.58. The number of methoxy groups -OCH3 is 1. The Bertz CT molecular complexity index is 961. The van der Waals surface area contributed by atoms with Crippen molar-refractivity contribution in [2.45, 2.75) is 38.1 Å². The van der Waals surface area contributed by atoms with Crippen LogP contribution in [0, 0.1) is 19.8 Å². The lowest BCUT2D eigenvalue weighted by molar-refractivity contribution is -0.134. The van der Waals surface area contributed by atoms with Gasteiger partial charge in [-0.05, 0) is 50.3 Å². The van der Waals surface area contributed by atoms with Gasteiger partial charge in [0.05, 0.1) is 5.41 Å². The van der Waals surface area contributed by atoms with Gasteiger partial charge in [-0.1, -0.05) is 17.3 Å². The van der Waals surface area contributed by atoms with Crippen LogP contribution >= 0.6 is 0 Å². The maximum atomic E-state index is 12.5. The van der Waals surface area contributed by atoms with E-state index in [1.807, 2.05) is 31.2 Å². The summed E-state index contributed by atoms with van der Waals surface area (Å²) in [6.07, 6.45) is 1.36. The summed E-state index contributed by atoms with van der Waals surface area (Å²) in [7, 11) is 1.51. The molecule has 3 atom stereocenters. The van der Waals surface area contributed by atoms with E-state index in [9.17, 15) is 9.59 Å². The van der Waals surface area contributed by atoms with Crippen LogP contribution in [0.2, 0.25) is 0 Å². The summed E-state index contributed by atoms with van der Waals surface area (Å²) in [4.78, 5) is 31.2. The fraction of sp³-hybridized carbons (Fsp3) is 0.545. The summed E-state index contributed by atoms with van der Waals surface area (Å²) >= 11 is 0. The first-order chi connectivity index (χ1) is 14.9. The van der Waals surface area contributed by atoms with E-state index in [0.717, 1.165) is 12.0 Å². The molecule has 1 unspecified atom stereocenters. The third kappa shape index (κ3) is 4.41. The monoisotopic (exact) mass is 428 g/mol. The molecule has 9 nitrogen and oxygen atoms in total. The van der Waals surface area contributed by atoms with Crippen LogP contribution in [0.1, 0.15) is 30.1 Å². The largest absolute Gasteiger partial charge is 0.484 e. The molecule has 2 aliphatic rings. The van der Waals surface area contributed by atoms with E-state index in [4.69, 9.17) is 14.0 Å². The summed E-state index contributed by atoms with van der Waals surface area (Å²) in [6, 6.07) is 7.55. The van der Waals surface area contributed by atoms with Gasteiger partial charge in [0.2, 0.25) is 11.8 Å². The third-order valence-corrected chi connectivity index (χ3v) is 6.17. The van der Waals surface area contributed by atoms with Crippen molar-refractivity contribution in [2.24, 2.45) is 5.92 Å². The first-order valence-electron chi connectivity index (χ1n) is 10.5. The number of nitrogens with zero attached hydrogens (tertiary/aromatic N) is 3. The molecule has 2 fully saturated rings. The van der Waals surface area contributed by atoms with Crippen LogP contribution in [0.5, 0.6) is 5.75 Å². The van der Waals surface area contributed by atoms with Gasteiger partial charge in [0.1, 0.15) is 12.4 Å². The molecule has 1 aliphatic carbocycles. The second-order valence-corrected chi connectivity index (χ2v) is 8.52.